The molecule has 0 radical (unpaired) electrons. The molecule has 0 amide bonds. The van der Waals surface area contributed by atoms with Crippen LogP contribution in [0.5, 0.6) is 0 Å². The van der Waals surface area contributed by atoms with Crippen LogP contribution in [0.15, 0.2) is 53.1 Å². The Kier molecular flexibility index (Phi) is 2.67. The number of aryl methyl sites for hydroxylation is 1. The highest BCUT2D eigenvalue weighted by atomic mass is 16.3. The van der Waals surface area contributed by atoms with Gasteiger partial charge in [-0.3, -0.25) is 4.98 Å². The summed E-state index contributed by atoms with van der Waals surface area (Å²) in [5.41, 5.74) is 3.11. The van der Waals surface area contributed by atoms with E-state index in [1.54, 1.807) is 18.3 Å². The quantitative estimate of drug-likeness (QED) is 0.450. The summed E-state index contributed by atoms with van der Waals surface area (Å²) in [4.78, 5) is 8.66. The molecule has 130 valence electrons. The summed E-state index contributed by atoms with van der Waals surface area (Å²) in [6, 6.07) is 12.5. The summed E-state index contributed by atoms with van der Waals surface area (Å²) in [7, 11) is 0. The van der Waals surface area contributed by atoms with Gasteiger partial charge in [-0.15, -0.1) is 0 Å². The molecule has 3 heterocycles. The largest absolute Gasteiger partial charge is 0.438 e. The number of nitrogens with zero attached hydrogens (tertiary/aromatic N) is 2. The maximum atomic E-state index is 8.68. The summed E-state index contributed by atoms with van der Waals surface area (Å²) in [6.07, 6.45) is 4.30. The Morgan fingerprint density at radius 1 is 1.12 bits per heavy atom. The highest BCUT2D eigenvalue weighted by Gasteiger charge is 2.16. The van der Waals surface area contributed by atoms with Gasteiger partial charge in [-0.1, -0.05) is 25.7 Å². The lowest BCUT2D eigenvalue weighted by Gasteiger charge is -2.10. The molecule has 0 aliphatic heterocycles. The third-order valence-electron chi connectivity index (χ3n) is 5.12. The highest BCUT2D eigenvalue weighted by Crippen LogP contribution is 2.32. The van der Waals surface area contributed by atoms with Gasteiger partial charge in [0.2, 0.25) is 5.71 Å². The van der Waals surface area contributed by atoms with Crippen molar-refractivity contribution in [1.82, 2.24) is 9.97 Å². The molecule has 5 rings (SSSR count). The van der Waals surface area contributed by atoms with Crippen LogP contribution >= 0.6 is 0 Å². The van der Waals surface area contributed by atoms with Crippen molar-refractivity contribution >= 4 is 22.1 Å². The van der Waals surface area contributed by atoms with Gasteiger partial charge >= 0.3 is 0 Å². The van der Waals surface area contributed by atoms with E-state index >= 15 is 0 Å². The first-order valence-electron chi connectivity index (χ1n) is 11.5. The lowest BCUT2D eigenvalue weighted by molar-refractivity contribution is 0.546. The number of pyridine rings is 2. The van der Waals surface area contributed by atoms with Crippen LogP contribution in [0.25, 0.3) is 33.3 Å². The SMILES string of the molecule is [2H]C([2H])([2H])c1ccc2c(n1)oc1ccc(-c3cc(C([2H])([2H])C4CCCC4)ccn3)cc12. The Morgan fingerprint density at radius 3 is 2.92 bits per heavy atom. The number of hydrogen-bond acceptors (Lipinski definition) is 3. The van der Waals surface area contributed by atoms with Crippen LogP contribution < -0.4 is 0 Å². The van der Waals surface area contributed by atoms with E-state index in [1.807, 2.05) is 24.3 Å². The standard InChI is InChI=1S/C23H22N2O/c1-15-6-8-19-20-14-18(7-9-22(20)26-23(19)25-15)21-13-17(10-11-24-21)12-16-4-2-3-5-16/h6-11,13-14,16H,2-5,12H2,1H3/i1D3,12D2. The Balaban J connectivity index is 1.57. The maximum absolute atomic E-state index is 8.68. The lowest BCUT2D eigenvalue weighted by Crippen LogP contribution is -1.99. The number of benzene rings is 1. The monoisotopic (exact) mass is 347 g/mol. The summed E-state index contributed by atoms with van der Waals surface area (Å²) in [5, 5.41) is 1.56. The molecule has 0 atom stereocenters. The molecule has 1 fully saturated rings. The van der Waals surface area contributed by atoms with E-state index in [9.17, 15) is 0 Å². The molecule has 26 heavy (non-hydrogen) atoms. The van der Waals surface area contributed by atoms with Crippen molar-refractivity contribution in [3.8, 4) is 11.3 Å². The van der Waals surface area contributed by atoms with Gasteiger partial charge in [0.05, 0.1) is 5.69 Å². The average Bonchev–Trinajstić information content (AvgIpc) is 3.41. The first-order valence-corrected chi connectivity index (χ1v) is 9.04. The number of rotatable bonds is 3. The van der Waals surface area contributed by atoms with Crippen molar-refractivity contribution in [2.45, 2.75) is 38.9 Å². The third-order valence-corrected chi connectivity index (χ3v) is 5.12. The topological polar surface area (TPSA) is 38.9 Å². The van der Waals surface area contributed by atoms with Gasteiger partial charge in [0.1, 0.15) is 5.58 Å². The molecule has 1 aliphatic rings. The lowest BCUT2D eigenvalue weighted by atomic mass is 9.97. The molecular formula is C23H22N2O. The summed E-state index contributed by atoms with van der Waals surface area (Å²) < 4.78 is 45.8. The molecule has 0 bridgehead atoms. The van der Waals surface area contributed by atoms with Crippen LogP contribution in [0.4, 0.5) is 0 Å². The van der Waals surface area contributed by atoms with Gasteiger partial charge in [0.15, 0.2) is 0 Å². The van der Waals surface area contributed by atoms with Crippen molar-refractivity contribution in [2.24, 2.45) is 5.92 Å². The van der Waals surface area contributed by atoms with Gasteiger partial charge < -0.3 is 4.42 Å². The molecule has 3 heteroatoms. The number of fused-ring (bicyclic) bond motifs is 3. The van der Waals surface area contributed by atoms with E-state index < -0.39 is 13.2 Å². The Hall–Kier alpha value is -2.68. The Morgan fingerprint density at radius 2 is 2.04 bits per heavy atom. The zero-order chi connectivity index (χ0) is 21.8. The van der Waals surface area contributed by atoms with Crippen molar-refractivity contribution in [3.05, 3.63) is 59.9 Å². The fraction of sp³-hybridized carbons (Fsp3) is 0.304. The molecule has 3 nitrogen and oxygen atoms in total. The van der Waals surface area contributed by atoms with Crippen LogP contribution in [-0.2, 0) is 6.37 Å². The van der Waals surface area contributed by atoms with E-state index in [-0.39, 0.29) is 11.6 Å². The fourth-order valence-electron chi connectivity index (χ4n) is 3.80. The molecule has 0 unspecified atom stereocenters. The van der Waals surface area contributed by atoms with Gasteiger partial charge in [0.25, 0.3) is 0 Å². The van der Waals surface area contributed by atoms with Crippen molar-refractivity contribution < 1.29 is 11.3 Å². The molecule has 0 saturated heterocycles. The Bertz CT molecular complexity index is 1270. The minimum atomic E-state index is -2.29. The van der Waals surface area contributed by atoms with Crippen molar-refractivity contribution in [2.75, 3.05) is 0 Å². The normalized spacial score (nSPS) is 19.2. The van der Waals surface area contributed by atoms with E-state index in [1.165, 1.54) is 6.07 Å². The Labute approximate surface area is 160 Å². The maximum Gasteiger partial charge on any atom is 0.227 e. The second-order valence-corrected chi connectivity index (χ2v) is 6.92. The van der Waals surface area contributed by atoms with Gasteiger partial charge in [-0.25, -0.2) is 4.98 Å². The number of aromatic nitrogens is 2. The highest BCUT2D eigenvalue weighted by molar-refractivity contribution is 6.04. The summed E-state index contributed by atoms with van der Waals surface area (Å²) in [6.45, 7) is -2.29. The van der Waals surface area contributed by atoms with Crippen LogP contribution in [0.3, 0.4) is 0 Å². The molecule has 1 saturated carbocycles. The van der Waals surface area contributed by atoms with Crippen LogP contribution in [0, 0.1) is 12.8 Å². The van der Waals surface area contributed by atoms with E-state index in [2.05, 4.69) is 9.97 Å². The second-order valence-electron chi connectivity index (χ2n) is 6.92. The smallest absolute Gasteiger partial charge is 0.227 e. The van der Waals surface area contributed by atoms with E-state index in [4.69, 9.17) is 11.3 Å². The third kappa shape index (κ3) is 2.78. The van der Waals surface area contributed by atoms with Crippen molar-refractivity contribution in [1.29, 1.82) is 0 Å². The molecule has 0 spiro atoms. The minimum Gasteiger partial charge on any atom is -0.438 e. The zero-order valence-corrected chi connectivity index (χ0v) is 14.3. The number of hydrogen-bond donors (Lipinski definition) is 0. The molecule has 3 aromatic heterocycles. The van der Waals surface area contributed by atoms with E-state index in [0.29, 0.717) is 22.6 Å². The molecule has 1 aliphatic carbocycles. The van der Waals surface area contributed by atoms with Crippen LogP contribution in [0.1, 0.15) is 43.8 Å². The van der Waals surface area contributed by atoms with Gasteiger partial charge in [-0.2, -0.15) is 0 Å². The molecule has 0 N–H and O–H groups in total. The first kappa shape index (κ1) is 11.1. The number of furan rings is 1. The van der Waals surface area contributed by atoms with Gasteiger partial charge in [-0.05, 0) is 67.2 Å². The predicted molar refractivity (Wildman–Crippen MR) is 105 cm³/mol. The summed E-state index contributed by atoms with van der Waals surface area (Å²) >= 11 is 0. The van der Waals surface area contributed by atoms with E-state index in [0.717, 1.165) is 42.0 Å². The average molecular weight is 347 g/mol. The minimum absolute atomic E-state index is 0.00258. The molecule has 1 aromatic carbocycles. The first-order chi connectivity index (χ1) is 14.7. The summed E-state index contributed by atoms with van der Waals surface area (Å²) in [5.74, 6) is 0.0431. The molecule has 4 aromatic rings. The molecular weight excluding hydrogens is 320 g/mol. The van der Waals surface area contributed by atoms with Crippen LogP contribution in [0.2, 0.25) is 0 Å². The predicted octanol–water partition coefficient (Wildman–Crippen LogP) is 6.08. The van der Waals surface area contributed by atoms with Crippen LogP contribution in [-0.4, -0.2) is 9.97 Å². The van der Waals surface area contributed by atoms with Crippen molar-refractivity contribution in [3.63, 3.8) is 0 Å². The fourth-order valence-corrected chi connectivity index (χ4v) is 3.80. The zero-order valence-electron chi connectivity index (χ0n) is 19.3. The second kappa shape index (κ2) is 6.24. The van der Waals surface area contributed by atoms with Gasteiger partial charge in [0, 0.05) is 35.1 Å².